The Kier molecular flexibility index (Phi) is 5.68. The molecule has 1 fully saturated rings. The molecule has 0 saturated carbocycles. The third kappa shape index (κ3) is 4.59. The predicted molar refractivity (Wildman–Crippen MR) is 97.9 cm³/mol. The van der Waals surface area contributed by atoms with Gasteiger partial charge in [0.1, 0.15) is 0 Å². The number of benzene rings is 2. The average Bonchev–Trinajstić information content (AvgIpc) is 2.67. The highest BCUT2D eigenvalue weighted by Crippen LogP contribution is 2.17. The molecule has 1 saturated heterocycles. The van der Waals surface area contributed by atoms with Crippen LogP contribution in [0.3, 0.4) is 0 Å². The molecule has 2 aromatic rings. The van der Waals surface area contributed by atoms with Crippen LogP contribution < -0.4 is 10.2 Å². The fraction of sp³-hybridized carbons (Fsp3) is 0.350. The number of rotatable bonds is 5. The van der Waals surface area contributed by atoms with Crippen molar-refractivity contribution in [2.75, 3.05) is 37.7 Å². The molecule has 0 spiro atoms. The normalized spacial score (nSPS) is 15.7. The summed E-state index contributed by atoms with van der Waals surface area (Å²) in [5, 5.41) is 13.0. The molecule has 0 bridgehead atoms. The molecule has 132 valence electrons. The van der Waals surface area contributed by atoms with Crippen molar-refractivity contribution in [1.82, 2.24) is 5.32 Å². The Labute approximate surface area is 148 Å². The molecule has 0 radical (unpaired) electrons. The Morgan fingerprint density at radius 2 is 1.76 bits per heavy atom. The number of morpholine rings is 1. The minimum atomic E-state index is -0.711. The smallest absolute Gasteiger partial charge is 0.251 e. The van der Waals surface area contributed by atoms with E-state index < -0.39 is 6.10 Å². The molecule has 2 aromatic carbocycles. The van der Waals surface area contributed by atoms with Gasteiger partial charge in [-0.1, -0.05) is 29.8 Å². The van der Waals surface area contributed by atoms with Crippen molar-refractivity contribution in [2.45, 2.75) is 13.0 Å². The van der Waals surface area contributed by atoms with Crippen molar-refractivity contribution in [2.24, 2.45) is 0 Å². The van der Waals surface area contributed by atoms with Crippen molar-refractivity contribution in [1.29, 1.82) is 0 Å². The second-order valence-electron chi connectivity index (χ2n) is 6.28. The first-order valence-electron chi connectivity index (χ1n) is 8.59. The Hall–Kier alpha value is -2.37. The molecular formula is C20H24N2O3. The van der Waals surface area contributed by atoms with Gasteiger partial charge in [-0.3, -0.25) is 4.79 Å². The first-order valence-corrected chi connectivity index (χ1v) is 8.59. The molecule has 0 unspecified atom stereocenters. The minimum absolute atomic E-state index is 0.181. The number of nitrogens with zero attached hydrogens (tertiary/aromatic N) is 1. The van der Waals surface area contributed by atoms with Crippen LogP contribution in [-0.4, -0.2) is 43.9 Å². The summed E-state index contributed by atoms with van der Waals surface area (Å²) in [5.41, 5.74) is 3.63. The van der Waals surface area contributed by atoms with Crippen molar-refractivity contribution in [3.8, 4) is 0 Å². The molecule has 0 aromatic heterocycles. The third-order valence-electron chi connectivity index (χ3n) is 4.42. The highest BCUT2D eigenvalue weighted by molar-refractivity contribution is 5.94. The van der Waals surface area contributed by atoms with Gasteiger partial charge in [-0.2, -0.15) is 0 Å². The average molecular weight is 340 g/mol. The minimum Gasteiger partial charge on any atom is -0.387 e. The second kappa shape index (κ2) is 8.14. The van der Waals surface area contributed by atoms with Crippen LogP contribution in [0.15, 0.2) is 48.5 Å². The van der Waals surface area contributed by atoms with Crippen molar-refractivity contribution < 1.29 is 14.6 Å². The van der Waals surface area contributed by atoms with Crippen molar-refractivity contribution >= 4 is 11.6 Å². The zero-order valence-corrected chi connectivity index (χ0v) is 14.4. The number of amides is 1. The fourth-order valence-corrected chi connectivity index (χ4v) is 2.84. The number of hydrogen-bond acceptors (Lipinski definition) is 4. The number of aliphatic hydroxyl groups excluding tert-OH is 1. The number of ether oxygens (including phenoxy) is 1. The van der Waals surface area contributed by atoms with Crippen LogP contribution in [0.2, 0.25) is 0 Å². The molecule has 1 heterocycles. The van der Waals surface area contributed by atoms with Crippen LogP contribution in [0.5, 0.6) is 0 Å². The van der Waals surface area contributed by atoms with E-state index in [2.05, 4.69) is 10.2 Å². The maximum absolute atomic E-state index is 12.3. The molecule has 3 rings (SSSR count). The zero-order valence-electron chi connectivity index (χ0n) is 14.4. The number of hydrogen-bond donors (Lipinski definition) is 2. The first kappa shape index (κ1) is 17.5. The summed E-state index contributed by atoms with van der Waals surface area (Å²) in [7, 11) is 0. The summed E-state index contributed by atoms with van der Waals surface area (Å²) in [6, 6.07) is 15.2. The molecule has 1 amide bonds. The molecule has 2 N–H and O–H groups in total. The van der Waals surface area contributed by atoms with Gasteiger partial charge in [0.25, 0.3) is 5.91 Å². The lowest BCUT2D eigenvalue weighted by molar-refractivity contribution is 0.0916. The molecule has 25 heavy (non-hydrogen) atoms. The van der Waals surface area contributed by atoms with Gasteiger partial charge < -0.3 is 20.1 Å². The van der Waals surface area contributed by atoms with E-state index in [0.29, 0.717) is 5.56 Å². The second-order valence-corrected chi connectivity index (χ2v) is 6.28. The van der Waals surface area contributed by atoms with E-state index in [4.69, 9.17) is 4.74 Å². The predicted octanol–water partition coefficient (Wildman–Crippen LogP) is 2.30. The third-order valence-corrected chi connectivity index (χ3v) is 4.42. The van der Waals surface area contributed by atoms with Gasteiger partial charge >= 0.3 is 0 Å². The molecule has 1 atom stereocenters. The van der Waals surface area contributed by atoms with Crippen LogP contribution >= 0.6 is 0 Å². The van der Waals surface area contributed by atoms with Gasteiger partial charge in [0.2, 0.25) is 0 Å². The summed E-state index contributed by atoms with van der Waals surface area (Å²) < 4.78 is 5.35. The number of aryl methyl sites for hydroxylation is 1. The summed E-state index contributed by atoms with van der Waals surface area (Å²) in [4.78, 5) is 14.5. The summed E-state index contributed by atoms with van der Waals surface area (Å²) >= 11 is 0. The summed E-state index contributed by atoms with van der Waals surface area (Å²) in [6.45, 7) is 5.40. The topological polar surface area (TPSA) is 61.8 Å². The number of anilines is 1. The summed E-state index contributed by atoms with van der Waals surface area (Å²) in [5.74, 6) is -0.181. The summed E-state index contributed by atoms with van der Waals surface area (Å²) in [6.07, 6.45) is -0.711. The maximum atomic E-state index is 12.3. The number of aliphatic hydroxyl groups is 1. The highest BCUT2D eigenvalue weighted by atomic mass is 16.5. The Bertz CT molecular complexity index is 692. The number of carbonyl (C=O) groups excluding carboxylic acids is 1. The molecule has 1 aliphatic heterocycles. The standard InChI is InChI=1S/C20H24N2O3/c1-15-2-4-16(5-3-15)19(23)14-21-20(24)17-6-8-18(9-7-17)22-10-12-25-13-11-22/h2-9,19,23H,10-14H2,1H3,(H,21,24)/t19-/m1/s1. The Balaban J connectivity index is 1.54. The maximum Gasteiger partial charge on any atom is 0.251 e. The zero-order chi connectivity index (χ0) is 17.6. The van der Waals surface area contributed by atoms with Crippen LogP contribution in [-0.2, 0) is 4.74 Å². The van der Waals surface area contributed by atoms with Gasteiger partial charge in [0.15, 0.2) is 0 Å². The molecule has 5 heteroatoms. The first-order chi connectivity index (χ1) is 12.1. The van der Waals surface area contributed by atoms with E-state index in [1.54, 1.807) is 0 Å². The van der Waals surface area contributed by atoms with E-state index in [1.807, 2.05) is 55.5 Å². The van der Waals surface area contributed by atoms with E-state index in [0.717, 1.165) is 43.1 Å². The molecule has 1 aliphatic rings. The lowest BCUT2D eigenvalue weighted by Gasteiger charge is -2.28. The van der Waals surface area contributed by atoms with Crippen LogP contribution in [0, 0.1) is 6.92 Å². The lowest BCUT2D eigenvalue weighted by atomic mass is 10.1. The number of carbonyl (C=O) groups is 1. The lowest BCUT2D eigenvalue weighted by Crippen LogP contribution is -2.36. The van der Waals surface area contributed by atoms with E-state index in [-0.39, 0.29) is 12.5 Å². The van der Waals surface area contributed by atoms with Gasteiger partial charge in [-0.05, 0) is 36.8 Å². The largest absolute Gasteiger partial charge is 0.387 e. The SMILES string of the molecule is Cc1ccc([C@H](O)CNC(=O)c2ccc(N3CCOCC3)cc2)cc1. The van der Waals surface area contributed by atoms with Gasteiger partial charge in [0.05, 0.1) is 19.3 Å². The van der Waals surface area contributed by atoms with E-state index in [1.165, 1.54) is 0 Å². The van der Waals surface area contributed by atoms with Gasteiger partial charge in [-0.25, -0.2) is 0 Å². The quantitative estimate of drug-likeness (QED) is 0.877. The molecule has 5 nitrogen and oxygen atoms in total. The van der Waals surface area contributed by atoms with E-state index in [9.17, 15) is 9.90 Å². The van der Waals surface area contributed by atoms with Gasteiger partial charge in [0, 0.05) is 30.9 Å². The molecule has 0 aliphatic carbocycles. The Morgan fingerprint density at radius 1 is 1.12 bits per heavy atom. The number of nitrogens with one attached hydrogen (secondary N) is 1. The van der Waals surface area contributed by atoms with Crippen LogP contribution in [0.4, 0.5) is 5.69 Å². The van der Waals surface area contributed by atoms with Crippen molar-refractivity contribution in [3.63, 3.8) is 0 Å². The highest BCUT2D eigenvalue weighted by Gasteiger charge is 2.13. The van der Waals surface area contributed by atoms with E-state index >= 15 is 0 Å². The van der Waals surface area contributed by atoms with Crippen LogP contribution in [0.1, 0.15) is 27.6 Å². The van der Waals surface area contributed by atoms with Crippen LogP contribution in [0.25, 0.3) is 0 Å². The van der Waals surface area contributed by atoms with Gasteiger partial charge in [-0.15, -0.1) is 0 Å². The monoisotopic (exact) mass is 340 g/mol. The molecular weight excluding hydrogens is 316 g/mol. The fourth-order valence-electron chi connectivity index (χ4n) is 2.84. The van der Waals surface area contributed by atoms with Crippen molar-refractivity contribution in [3.05, 3.63) is 65.2 Å². The Morgan fingerprint density at radius 3 is 2.40 bits per heavy atom.